The van der Waals surface area contributed by atoms with Crippen molar-refractivity contribution in [2.45, 2.75) is 11.3 Å². The number of nitrogens with zero attached hydrogens (tertiary/aromatic N) is 3. The highest BCUT2D eigenvalue weighted by molar-refractivity contribution is 7.90. The molecule has 0 fully saturated rings. The second-order valence-electron chi connectivity index (χ2n) is 6.93. The molecule has 1 aliphatic rings. The molecule has 31 heavy (non-hydrogen) atoms. The number of aliphatic imine (C=N–C) groups is 1. The average molecular weight is 452 g/mol. The molecule has 4 aromatic rings. The summed E-state index contributed by atoms with van der Waals surface area (Å²) in [5.41, 5.74) is 3.04. The number of carbonyl (C=O) groups is 1. The quantitative estimate of drug-likeness (QED) is 0.486. The Morgan fingerprint density at radius 3 is 2.77 bits per heavy atom. The fraction of sp³-hybridized carbons (Fsp3) is 0.0952. The van der Waals surface area contributed by atoms with E-state index in [2.05, 4.69) is 20.0 Å². The van der Waals surface area contributed by atoms with Crippen LogP contribution in [-0.2, 0) is 14.8 Å². The number of fused-ring (bicyclic) bond motifs is 2. The van der Waals surface area contributed by atoms with Gasteiger partial charge >= 0.3 is 0 Å². The molecule has 2 aromatic heterocycles. The molecule has 0 saturated carbocycles. The van der Waals surface area contributed by atoms with Crippen LogP contribution in [0.15, 0.2) is 76.2 Å². The number of nitrogens with one attached hydrogen (secondary N) is 2. The van der Waals surface area contributed by atoms with E-state index in [-0.39, 0.29) is 29.6 Å². The van der Waals surface area contributed by atoms with Crippen LogP contribution in [0.5, 0.6) is 0 Å². The number of imidazole rings is 1. The van der Waals surface area contributed by atoms with E-state index in [9.17, 15) is 13.2 Å². The standard InChI is InChI=1S/C21H17N5O3S2/c27-19(9-10-22-20-16-3-1-2-4-18(16)31(28,29)25-20)23-15-7-5-14(6-8-15)17-13-26-11-12-30-21(26)24-17/h1-8,11-13H,9-10H2,(H,22,25)(H,23,27). The van der Waals surface area contributed by atoms with Crippen LogP contribution in [0, 0.1) is 0 Å². The van der Waals surface area contributed by atoms with Gasteiger partial charge in [-0.3, -0.25) is 18.9 Å². The number of amidine groups is 1. The highest BCUT2D eigenvalue weighted by atomic mass is 32.2. The minimum Gasteiger partial charge on any atom is -0.326 e. The second-order valence-corrected chi connectivity index (χ2v) is 9.45. The molecule has 0 unspecified atom stereocenters. The van der Waals surface area contributed by atoms with Gasteiger partial charge in [0.25, 0.3) is 10.0 Å². The predicted octanol–water partition coefficient (Wildman–Crippen LogP) is 3.13. The van der Waals surface area contributed by atoms with Crippen molar-refractivity contribution in [2.24, 2.45) is 4.99 Å². The molecule has 0 atom stereocenters. The van der Waals surface area contributed by atoms with Gasteiger partial charge in [-0.05, 0) is 24.3 Å². The first-order valence-electron chi connectivity index (χ1n) is 9.49. The van der Waals surface area contributed by atoms with Crippen LogP contribution in [0.4, 0.5) is 5.69 Å². The SMILES string of the molecule is O=C(CCN=C1NS(=O)(=O)c2ccccc21)Nc1ccc(-c2cn3ccsc3n2)cc1. The monoisotopic (exact) mass is 451 g/mol. The molecule has 1 amide bonds. The molecule has 0 spiro atoms. The van der Waals surface area contributed by atoms with Crippen LogP contribution < -0.4 is 10.0 Å². The van der Waals surface area contributed by atoms with E-state index >= 15 is 0 Å². The number of carbonyl (C=O) groups excluding carboxylic acids is 1. The fourth-order valence-electron chi connectivity index (χ4n) is 3.33. The van der Waals surface area contributed by atoms with Crippen LogP contribution in [0.2, 0.25) is 0 Å². The molecule has 0 radical (unpaired) electrons. The first kappa shape index (κ1) is 19.5. The number of aromatic nitrogens is 2. The first-order chi connectivity index (χ1) is 15.0. The summed E-state index contributed by atoms with van der Waals surface area (Å²) in [6.07, 6.45) is 4.06. The predicted molar refractivity (Wildman–Crippen MR) is 120 cm³/mol. The largest absolute Gasteiger partial charge is 0.326 e. The number of anilines is 1. The molecule has 8 nitrogen and oxygen atoms in total. The van der Waals surface area contributed by atoms with Crippen molar-refractivity contribution in [3.05, 3.63) is 71.9 Å². The lowest BCUT2D eigenvalue weighted by atomic mass is 10.1. The second kappa shape index (κ2) is 7.64. The van der Waals surface area contributed by atoms with Gasteiger partial charge in [-0.1, -0.05) is 24.3 Å². The Kier molecular flexibility index (Phi) is 4.79. The number of hydrogen-bond donors (Lipinski definition) is 2. The molecular formula is C21H17N5O3S2. The molecule has 2 aromatic carbocycles. The van der Waals surface area contributed by atoms with Gasteiger partial charge in [0.2, 0.25) is 5.91 Å². The fourth-order valence-corrected chi connectivity index (χ4v) is 5.29. The lowest BCUT2D eigenvalue weighted by molar-refractivity contribution is -0.116. The Morgan fingerprint density at radius 1 is 1.16 bits per heavy atom. The maximum absolute atomic E-state index is 12.3. The van der Waals surface area contributed by atoms with Gasteiger partial charge in [-0.25, -0.2) is 13.4 Å². The summed E-state index contributed by atoms with van der Waals surface area (Å²) in [5, 5.41) is 4.81. The topological polar surface area (TPSA) is 105 Å². The first-order valence-corrected chi connectivity index (χ1v) is 11.8. The summed E-state index contributed by atoms with van der Waals surface area (Å²) in [4.78, 5) is 22.2. The van der Waals surface area contributed by atoms with Crippen molar-refractivity contribution in [1.82, 2.24) is 14.1 Å². The van der Waals surface area contributed by atoms with Gasteiger partial charge in [-0.2, -0.15) is 0 Å². The van der Waals surface area contributed by atoms with Gasteiger partial charge in [-0.15, -0.1) is 11.3 Å². The van der Waals surface area contributed by atoms with Crippen molar-refractivity contribution in [1.29, 1.82) is 0 Å². The Morgan fingerprint density at radius 2 is 1.97 bits per heavy atom. The minimum absolute atomic E-state index is 0.131. The van der Waals surface area contributed by atoms with Crippen LogP contribution in [0.25, 0.3) is 16.2 Å². The molecular weight excluding hydrogens is 434 g/mol. The van der Waals surface area contributed by atoms with Gasteiger partial charge in [0.05, 0.1) is 17.1 Å². The van der Waals surface area contributed by atoms with E-state index in [0.29, 0.717) is 11.3 Å². The number of sulfonamides is 1. The van der Waals surface area contributed by atoms with Crippen molar-refractivity contribution < 1.29 is 13.2 Å². The molecule has 1 aliphatic heterocycles. The summed E-state index contributed by atoms with van der Waals surface area (Å²) in [7, 11) is -3.57. The molecule has 5 rings (SSSR count). The highest BCUT2D eigenvalue weighted by Crippen LogP contribution is 2.24. The summed E-state index contributed by atoms with van der Waals surface area (Å²) < 4.78 is 28.6. The van der Waals surface area contributed by atoms with E-state index in [0.717, 1.165) is 16.2 Å². The number of amides is 1. The Hall–Kier alpha value is -3.50. The summed E-state index contributed by atoms with van der Waals surface area (Å²) >= 11 is 1.57. The zero-order valence-electron chi connectivity index (χ0n) is 16.1. The molecule has 10 heteroatoms. The maximum Gasteiger partial charge on any atom is 0.263 e. The Balaban J connectivity index is 1.20. The van der Waals surface area contributed by atoms with E-state index in [1.54, 1.807) is 29.5 Å². The number of benzene rings is 2. The van der Waals surface area contributed by atoms with Gasteiger partial charge in [0.15, 0.2) is 4.96 Å². The van der Waals surface area contributed by atoms with Crippen molar-refractivity contribution >= 4 is 43.8 Å². The molecule has 0 saturated heterocycles. The molecule has 3 heterocycles. The van der Waals surface area contributed by atoms with E-state index in [1.165, 1.54) is 6.07 Å². The molecule has 0 aliphatic carbocycles. The summed E-state index contributed by atoms with van der Waals surface area (Å²) in [5.74, 6) is 0.0708. The Bertz CT molecular complexity index is 1390. The third-order valence-electron chi connectivity index (χ3n) is 4.83. The average Bonchev–Trinajstić information content (AvgIpc) is 3.42. The summed E-state index contributed by atoms with van der Waals surface area (Å²) in [6, 6.07) is 14.1. The smallest absolute Gasteiger partial charge is 0.263 e. The van der Waals surface area contributed by atoms with E-state index < -0.39 is 10.0 Å². The third kappa shape index (κ3) is 3.82. The normalized spacial score (nSPS) is 15.7. The van der Waals surface area contributed by atoms with Crippen LogP contribution in [0.3, 0.4) is 0 Å². The van der Waals surface area contributed by atoms with Crippen LogP contribution >= 0.6 is 11.3 Å². The molecule has 156 valence electrons. The zero-order chi connectivity index (χ0) is 21.4. The zero-order valence-corrected chi connectivity index (χ0v) is 17.8. The minimum atomic E-state index is -3.57. The summed E-state index contributed by atoms with van der Waals surface area (Å²) in [6.45, 7) is 0.168. The highest BCUT2D eigenvalue weighted by Gasteiger charge is 2.29. The number of hydrogen-bond acceptors (Lipinski definition) is 6. The van der Waals surface area contributed by atoms with Crippen molar-refractivity contribution in [3.8, 4) is 11.3 Å². The number of rotatable bonds is 5. The van der Waals surface area contributed by atoms with Crippen molar-refractivity contribution in [2.75, 3.05) is 11.9 Å². The molecule has 2 N–H and O–H groups in total. The Labute approximate surface area is 182 Å². The van der Waals surface area contributed by atoms with Gasteiger partial charge in [0, 0.05) is 41.0 Å². The van der Waals surface area contributed by atoms with E-state index in [1.807, 2.05) is 46.4 Å². The lowest BCUT2D eigenvalue weighted by Gasteiger charge is -2.05. The van der Waals surface area contributed by atoms with Gasteiger partial charge < -0.3 is 5.32 Å². The van der Waals surface area contributed by atoms with E-state index in [4.69, 9.17) is 0 Å². The van der Waals surface area contributed by atoms with Gasteiger partial charge in [0.1, 0.15) is 5.84 Å². The number of thiazole rings is 1. The van der Waals surface area contributed by atoms with Crippen LogP contribution in [0.1, 0.15) is 12.0 Å². The lowest BCUT2D eigenvalue weighted by Crippen LogP contribution is -2.23. The van der Waals surface area contributed by atoms with Crippen molar-refractivity contribution in [3.63, 3.8) is 0 Å². The third-order valence-corrected chi connectivity index (χ3v) is 7.00. The maximum atomic E-state index is 12.3. The van der Waals surface area contributed by atoms with Crippen LogP contribution in [-0.4, -0.2) is 36.1 Å². The molecule has 0 bridgehead atoms.